The topological polar surface area (TPSA) is 12.0 Å². The maximum absolute atomic E-state index is 3.72. The molecule has 15 heavy (non-hydrogen) atoms. The van der Waals surface area contributed by atoms with Crippen molar-refractivity contribution in [2.75, 3.05) is 0 Å². The predicted molar refractivity (Wildman–Crippen MR) is 62.9 cm³/mol. The summed E-state index contributed by atoms with van der Waals surface area (Å²) in [6.45, 7) is 3.27. The third kappa shape index (κ3) is 1.93. The van der Waals surface area contributed by atoms with Gasteiger partial charge in [0.25, 0.3) is 0 Å². The average Bonchev–Trinajstić information content (AvgIpc) is 3.01. The second-order valence-corrected chi connectivity index (χ2v) is 5.14. The van der Waals surface area contributed by atoms with Crippen molar-refractivity contribution in [3.05, 3.63) is 34.9 Å². The average molecular weight is 201 g/mol. The molecule has 1 heterocycles. The highest BCUT2D eigenvalue weighted by atomic mass is 14.9. The minimum absolute atomic E-state index is 0.790. The van der Waals surface area contributed by atoms with Gasteiger partial charge in [0.2, 0.25) is 0 Å². The van der Waals surface area contributed by atoms with E-state index in [1.165, 1.54) is 36.8 Å². The summed E-state index contributed by atoms with van der Waals surface area (Å²) in [6, 6.07) is 7.69. The molecule has 1 fully saturated rings. The van der Waals surface area contributed by atoms with E-state index in [-0.39, 0.29) is 0 Å². The number of fused-ring (bicyclic) bond motifs is 1. The molecule has 0 radical (unpaired) electrons. The third-order valence-electron chi connectivity index (χ3n) is 3.83. The van der Waals surface area contributed by atoms with Crippen molar-refractivity contribution < 1.29 is 0 Å². The standard InChI is InChI=1S/C14H19N/c1-10-2-3-13-9-15-14(11-4-5-11)7-6-12(13)8-10/h2-3,8,11,14-15H,4-7,9H2,1H3/t14-/m1/s1. The molecule has 1 aliphatic heterocycles. The molecule has 1 saturated carbocycles. The molecular weight excluding hydrogens is 182 g/mol. The number of benzene rings is 1. The van der Waals surface area contributed by atoms with Crippen molar-refractivity contribution in [2.45, 2.75) is 45.2 Å². The van der Waals surface area contributed by atoms with Crippen LogP contribution in [0.2, 0.25) is 0 Å². The van der Waals surface area contributed by atoms with E-state index in [1.807, 2.05) is 0 Å². The van der Waals surface area contributed by atoms with E-state index >= 15 is 0 Å². The lowest BCUT2D eigenvalue weighted by molar-refractivity contribution is 0.447. The summed E-state index contributed by atoms with van der Waals surface area (Å²) in [5, 5.41) is 3.72. The molecule has 1 N–H and O–H groups in total. The Morgan fingerprint density at radius 3 is 2.80 bits per heavy atom. The summed E-state index contributed by atoms with van der Waals surface area (Å²) in [4.78, 5) is 0. The van der Waals surface area contributed by atoms with Gasteiger partial charge in [0.05, 0.1) is 0 Å². The molecular formula is C14H19N. The van der Waals surface area contributed by atoms with Crippen molar-refractivity contribution >= 4 is 0 Å². The van der Waals surface area contributed by atoms with E-state index in [1.54, 1.807) is 5.56 Å². The summed E-state index contributed by atoms with van der Waals surface area (Å²) in [7, 11) is 0. The van der Waals surface area contributed by atoms with Gasteiger partial charge in [-0.2, -0.15) is 0 Å². The van der Waals surface area contributed by atoms with Crippen LogP contribution in [0.3, 0.4) is 0 Å². The normalized spacial score (nSPS) is 25.8. The van der Waals surface area contributed by atoms with Crippen LogP contribution in [0.5, 0.6) is 0 Å². The maximum atomic E-state index is 3.72. The van der Waals surface area contributed by atoms with Crippen LogP contribution in [0.25, 0.3) is 0 Å². The summed E-state index contributed by atoms with van der Waals surface area (Å²) in [5.74, 6) is 0.986. The van der Waals surface area contributed by atoms with Crippen LogP contribution in [0, 0.1) is 12.8 Å². The van der Waals surface area contributed by atoms with E-state index in [2.05, 4.69) is 30.4 Å². The lowest BCUT2D eigenvalue weighted by Gasteiger charge is -2.13. The molecule has 1 heteroatoms. The first-order chi connectivity index (χ1) is 7.33. The van der Waals surface area contributed by atoms with Crippen molar-refractivity contribution in [3.8, 4) is 0 Å². The van der Waals surface area contributed by atoms with Crippen molar-refractivity contribution in [2.24, 2.45) is 5.92 Å². The fourth-order valence-electron chi connectivity index (χ4n) is 2.71. The molecule has 1 atom stereocenters. The molecule has 0 unspecified atom stereocenters. The third-order valence-corrected chi connectivity index (χ3v) is 3.83. The number of hydrogen-bond donors (Lipinski definition) is 1. The molecule has 0 spiro atoms. The Kier molecular flexibility index (Phi) is 2.28. The van der Waals surface area contributed by atoms with Crippen LogP contribution >= 0.6 is 0 Å². The van der Waals surface area contributed by atoms with Crippen molar-refractivity contribution in [1.82, 2.24) is 5.32 Å². The smallest absolute Gasteiger partial charge is 0.0210 e. The van der Waals surface area contributed by atoms with Crippen LogP contribution in [0.4, 0.5) is 0 Å². The van der Waals surface area contributed by atoms with E-state index in [0.29, 0.717) is 0 Å². The summed E-state index contributed by atoms with van der Waals surface area (Å²) in [5.41, 5.74) is 4.49. The highest BCUT2D eigenvalue weighted by Crippen LogP contribution is 2.35. The maximum Gasteiger partial charge on any atom is 0.0210 e. The highest BCUT2D eigenvalue weighted by molar-refractivity contribution is 5.32. The molecule has 2 aliphatic rings. The zero-order chi connectivity index (χ0) is 10.3. The van der Waals surface area contributed by atoms with Crippen LogP contribution in [0.1, 0.15) is 36.0 Å². The Labute approximate surface area is 91.9 Å². The van der Waals surface area contributed by atoms with Crippen LogP contribution in [-0.4, -0.2) is 6.04 Å². The summed E-state index contributed by atoms with van der Waals surface area (Å²) >= 11 is 0. The van der Waals surface area contributed by atoms with Gasteiger partial charge in [-0.15, -0.1) is 0 Å². The van der Waals surface area contributed by atoms with E-state index in [0.717, 1.165) is 18.5 Å². The number of rotatable bonds is 1. The second kappa shape index (κ2) is 3.64. The molecule has 0 saturated heterocycles. The van der Waals surface area contributed by atoms with Gasteiger partial charge in [0.15, 0.2) is 0 Å². The Hall–Kier alpha value is -0.820. The Balaban J connectivity index is 1.81. The van der Waals surface area contributed by atoms with Gasteiger partial charge in [0, 0.05) is 12.6 Å². The van der Waals surface area contributed by atoms with Crippen LogP contribution in [0.15, 0.2) is 18.2 Å². The largest absolute Gasteiger partial charge is 0.310 e. The highest BCUT2D eigenvalue weighted by Gasteiger charge is 2.31. The van der Waals surface area contributed by atoms with Gasteiger partial charge in [-0.05, 0) is 49.7 Å². The second-order valence-electron chi connectivity index (χ2n) is 5.14. The molecule has 1 aromatic carbocycles. The molecule has 1 nitrogen and oxygen atoms in total. The van der Waals surface area contributed by atoms with Crippen LogP contribution in [-0.2, 0) is 13.0 Å². The quantitative estimate of drug-likeness (QED) is 0.736. The Bertz CT molecular complexity index is 366. The van der Waals surface area contributed by atoms with Crippen molar-refractivity contribution in [3.63, 3.8) is 0 Å². The Morgan fingerprint density at radius 2 is 2.00 bits per heavy atom. The number of nitrogens with one attached hydrogen (secondary N) is 1. The zero-order valence-corrected chi connectivity index (χ0v) is 9.42. The molecule has 0 aromatic heterocycles. The van der Waals surface area contributed by atoms with E-state index in [9.17, 15) is 0 Å². The van der Waals surface area contributed by atoms with Gasteiger partial charge in [-0.1, -0.05) is 23.8 Å². The molecule has 80 valence electrons. The monoisotopic (exact) mass is 201 g/mol. The van der Waals surface area contributed by atoms with Gasteiger partial charge >= 0.3 is 0 Å². The lowest BCUT2D eigenvalue weighted by Crippen LogP contribution is -2.29. The molecule has 1 aromatic rings. The SMILES string of the molecule is Cc1ccc2c(c1)CC[C@H](C1CC1)NC2. The molecule has 3 rings (SSSR count). The molecule has 0 amide bonds. The zero-order valence-electron chi connectivity index (χ0n) is 9.42. The first kappa shape index (κ1) is 9.41. The molecule has 1 aliphatic carbocycles. The minimum Gasteiger partial charge on any atom is -0.310 e. The lowest BCUT2D eigenvalue weighted by atomic mass is 9.99. The number of aryl methyl sites for hydroxylation is 2. The first-order valence-electron chi connectivity index (χ1n) is 6.15. The predicted octanol–water partition coefficient (Wildman–Crippen LogP) is 2.81. The summed E-state index contributed by atoms with van der Waals surface area (Å²) in [6.07, 6.45) is 5.51. The first-order valence-corrected chi connectivity index (χ1v) is 6.15. The Morgan fingerprint density at radius 1 is 1.13 bits per heavy atom. The van der Waals surface area contributed by atoms with Gasteiger partial charge in [0.1, 0.15) is 0 Å². The molecule has 0 bridgehead atoms. The summed E-state index contributed by atoms with van der Waals surface area (Å²) < 4.78 is 0. The fourth-order valence-corrected chi connectivity index (χ4v) is 2.71. The van der Waals surface area contributed by atoms with Gasteiger partial charge in [-0.25, -0.2) is 0 Å². The van der Waals surface area contributed by atoms with Crippen molar-refractivity contribution in [1.29, 1.82) is 0 Å². The van der Waals surface area contributed by atoms with Gasteiger partial charge in [-0.3, -0.25) is 0 Å². The van der Waals surface area contributed by atoms with Gasteiger partial charge < -0.3 is 5.32 Å². The fraction of sp³-hybridized carbons (Fsp3) is 0.571. The number of hydrogen-bond acceptors (Lipinski definition) is 1. The van der Waals surface area contributed by atoms with E-state index < -0.39 is 0 Å². The van der Waals surface area contributed by atoms with Crippen LogP contribution < -0.4 is 5.32 Å². The minimum atomic E-state index is 0.790. The van der Waals surface area contributed by atoms with E-state index in [4.69, 9.17) is 0 Å².